The van der Waals surface area contributed by atoms with Crippen LogP contribution < -0.4 is 5.32 Å². The summed E-state index contributed by atoms with van der Waals surface area (Å²) in [5.41, 5.74) is 1.74. The average molecular weight is 508 g/mol. The molecule has 4 atom stereocenters. The number of hydrogen-bond acceptors (Lipinski definition) is 5. The first-order valence-corrected chi connectivity index (χ1v) is 13.3. The lowest BCUT2D eigenvalue weighted by molar-refractivity contribution is 0.0840. The molecule has 9 heteroatoms. The fourth-order valence-electron chi connectivity index (χ4n) is 6.01. The zero-order chi connectivity index (χ0) is 24.6. The predicted molar refractivity (Wildman–Crippen MR) is 134 cm³/mol. The minimum atomic E-state index is -0.420. The Balaban J connectivity index is 1.27. The molecular formula is C27H27F2N5OS. The number of carbonyl (C=O) groups is 1. The Bertz CT molecular complexity index is 1370. The van der Waals surface area contributed by atoms with Crippen LogP contribution in [0.3, 0.4) is 0 Å². The van der Waals surface area contributed by atoms with Crippen molar-refractivity contribution < 1.29 is 13.6 Å². The maximum absolute atomic E-state index is 14.8. The molecule has 1 amide bonds. The highest BCUT2D eigenvalue weighted by Crippen LogP contribution is 2.44. The second-order valence-corrected chi connectivity index (χ2v) is 10.6. The van der Waals surface area contributed by atoms with E-state index in [2.05, 4.69) is 20.3 Å². The summed E-state index contributed by atoms with van der Waals surface area (Å²) in [7, 11) is 0. The summed E-state index contributed by atoms with van der Waals surface area (Å²) in [5, 5.41) is 10.6. The lowest BCUT2D eigenvalue weighted by Crippen LogP contribution is -2.49. The fourth-order valence-corrected chi connectivity index (χ4v) is 6.85. The minimum Gasteiger partial charge on any atom is -0.349 e. The Kier molecular flexibility index (Phi) is 6.27. The van der Waals surface area contributed by atoms with Crippen molar-refractivity contribution >= 4 is 22.8 Å². The van der Waals surface area contributed by atoms with Crippen molar-refractivity contribution in [1.82, 2.24) is 24.8 Å². The zero-order valence-electron chi connectivity index (χ0n) is 19.7. The van der Waals surface area contributed by atoms with Gasteiger partial charge in [-0.3, -0.25) is 9.69 Å². The molecule has 1 aliphatic heterocycles. The summed E-state index contributed by atoms with van der Waals surface area (Å²) in [6.45, 7) is 0.807. The van der Waals surface area contributed by atoms with Gasteiger partial charge in [0.05, 0.1) is 22.3 Å². The molecular weight excluding hydrogens is 480 g/mol. The predicted octanol–water partition coefficient (Wildman–Crippen LogP) is 5.34. The number of likely N-dealkylation sites (tertiary alicyclic amines) is 1. The third kappa shape index (κ3) is 4.30. The Hall–Kier alpha value is -3.17. The number of carbonyl (C=O) groups excluding carboxylic acids is 1. The number of aromatic nitrogens is 3. The van der Waals surface area contributed by atoms with Gasteiger partial charge in [-0.2, -0.15) is 5.10 Å². The van der Waals surface area contributed by atoms with Gasteiger partial charge in [-0.1, -0.05) is 6.07 Å². The van der Waals surface area contributed by atoms with E-state index in [-0.39, 0.29) is 35.8 Å². The molecule has 6 nitrogen and oxygen atoms in total. The van der Waals surface area contributed by atoms with Crippen LogP contribution in [0.5, 0.6) is 0 Å². The average Bonchev–Trinajstić information content (AvgIpc) is 3.66. The maximum Gasteiger partial charge on any atom is 0.255 e. The largest absolute Gasteiger partial charge is 0.349 e. The van der Waals surface area contributed by atoms with Crippen LogP contribution in [-0.2, 0) is 0 Å². The molecule has 1 saturated carbocycles. The fraction of sp³-hybridized carbons (Fsp3) is 0.370. The number of fused-ring (bicyclic) bond motifs is 1. The maximum atomic E-state index is 14.8. The lowest BCUT2D eigenvalue weighted by Gasteiger charge is -2.43. The number of halogens is 2. The van der Waals surface area contributed by atoms with Crippen LogP contribution in [-0.4, -0.2) is 44.0 Å². The summed E-state index contributed by atoms with van der Waals surface area (Å²) in [6, 6.07) is 9.22. The van der Waals surface area contributed by atoms with Crippen LogP contribution in [0.4, 0.5) is 8.78 Å². The molecule has 186 valence electrons. The Morgan fingerprint density at radius 1 is 1.14 bits per heavy atom. The van der Waals surface area contributed by atoms with E-state index in [9.17, 15) is 13.6 Å². The normalized spacial score (nSPS) is 24.8. The first-order valence-electron chi connectivity index (χ1n) is 12.4. The highest BCUT2D eigenvalue weighted by molar-refractivity contribution is 7.09. The summed E-state index contributed by atoms with van der Waals surface area (Å²) < 4.78 is 30.6. The molecule has 0 bridgehead atoms. The zero-order valence-corrected chi connectivity index (χ0v) is 20.5. The highest BCUT2D eigenvalue weighted by Gasteiger charge is 2.42. The third-order valence-electron chi connectivity index (χ3n) is 7.63. The number of amides is 1. The first-order chi connectivity index (χ1) is 17.6. The molecule has 2 fully saturated rings. The van der Waals surface area contributed by atoms with Gasteiger partial charge in [-0.05, 0) is 69.0 Å². The molecule has 6 rings (SSSR count). The summed E-state index contributed by atoms with van der Waals surface area (Å²) in [6.07, 6.45) is 9.37. The van der Waals surface area contributed by atoms with E-state index >= 15 is 0 Å². The van der Waals surface area contributed by atoms with Gasteiger partial charge in [0.2, 0.25) is 0 Å². The van der Waals surface area contributed by atoms with Crippen LogP contribution in [0.15, 0.2) is 60.4 Å². The summed E-state index contributed by atoms with van der Waals surface area (Å²) >= 11 is 1.64. The van der Waals surface area contributed by atoms with Crippen molar-refractivity contribution in [3.05, 3.63) is 88.1 Å². The number of benzene rings is 1. The second kappa shape index (κ2) is 9.71. The van der Waals surface area contributed by atoms with E-state index in [1.165, 1.54) is 18.2 Å². The van der Waals surface area contributed by atoms with Crippen LogP contribution >= 0.6 is 11.3 Å². The van der Waals surface area contributed by atoms with Gasteiger partial charge >= 0.3 is 0 Å². The smallest absolute Gasteiger partial charge is 0.255 e. The van der Waals surface area contributed by atoms with E-state index in [1.54, 1.807) is 22.0 Å². The monoisotopic (exact) mass is 507 g/mol. The van der Waals surface area contributed by atoms with Crippen molar-refractivity contribution in [1.29, 1.82) is 0 Å². The molecule has 1 N–H and O–H groups in total. The Morgan fingerprint density at radius 2 is 2.06 bits per heavy atom. The number of hydrogen-bond donors (Lipinski definition) is 1. The van der Waals surface area contributed by atoms with Crippen LogP contribution in [0.1, 0.15) is 65.0 Å². The minimum absolute atomic E-state index is 0.0315. The quantitative estimate of drug-likeness (QED) is 0.396. The summed E-state index contributed by atoms with van der Waals surface area (Å²) in [4.78, 5) is 20.2. The number of rotatable bonds is 5. The van der Waals surface area contributed by atoms with Crippen molar-refractivity contribution in [2.24, 2.45) is 0 Å². The molecule has 4 aromatic rings. The standard InChI is InChI=1S/C27H27F2N5OS/c28-17-6-9-22(29)20(14-17)23-5-3-11-33(23)25-15-18(7-8-19(25)27-30-10-13-36-27)32-26(35)21-16-31-34-12-2-1-4-24(21)34/h1-2,4,6,9-10,12-14,16,18-19,23,25H,3,5,7-8,11,15H2,(H,32,35)/t18-,19-,23-,25-/m1/s1. The van der Waals surface area contributed by atoms with E-state index < -0.39 is 5.82 Å². The van der Waals surface area contributed by atoms with Gasteiger partial charge < -0.3 is 5.32 Å². The van der Waals surface area contributed by atoms with Gasteiger partial charge in [0.15, 0.2) is 0 Å². The molecule has 3 aromatic heterocycles. The molecule has 1 aliphatic carbocycles. The van der Waals surface area contributed by atoms with Crippen LogP contribution in [0.25, 0.3) is 5.52 Å². The van der Waals surface area contributed by atoms with Crippen molar-refractivity contribution in [3.8, 4) is 0 Å². The molecule has 36 heavy (non-hydrogen) atoms. The molecule has 0 spiro atoms. The molecule has 0 radical (unpaired) electrons. The van der Waals surface area contributed by atoms with Crippen molar-refractivity contribution in [3.63, 3.8) is 0 Å². The van der Waals surface area contributed by atoms with Crippen molar-refractivity contribution in [2.45, 2.75) is 56.1 Å². The molecule has 0 unspecified atom stereocenters. The highest BCUT2D eigenvalue weighted by atomic mass is 32.1. The Morgan fingerprint density at radius 3 is 2.92 bits per heavy atom. The van der Waals surface area contributed by atoms with Gasteiger partial charge in [-0.25, -0.2) is 18.3 Å². The van der Waals surface area contributed by atoms with E-state index in [0.29, 0.717) is 11.1 Å². The number of nitrogens with one attached hydrogen (secondary N) is 1. The van der Waals surface area contributed by atoms with Gasteiger partial charge in [0.1, 0.15) is 11.6 Å². The number of thiazole rings is 1. The second-order valence-electron chi connectivity index (χ2n) is 9.68. The van der Waals surface area contributed by atoms with Gasteiger partial charge in [0, 0.05) is 47.4 Å². The van der Waals surface area contributed by atoms with E-state index in [4.69, 9.17) is 0 Å². The molecule has 4 heterocycles. The third-order valence-corrected chi connectivity index (χ3v) is 8.54. The van der Waals surface area contributed by atoms with E-state index in [0.717, 1.165) is 49.2 Å². The Labute approximate surface area is 212 Å². The molecule has 2 aliphatic rings. The van der Waals surface area contributed by atoms with E-state index in [1.807, 2.05) is 36.0 Å². The van der Waals surface area contributed by atoms with Crippen LogP contribution in [0.2, 0.25) is 0 Å². The molecule has 1 saturated heterocycles. The topological polar surface area (TPSA) is 62.5 Å². The lowest BCUT2D eigenvalue weighted by atomic mass is 9.80. The van der Waals surface area contributed by atoms with Gasteiger partial charge in [-0.15, -0.1) is 11.3 Å². The number of pyridine rings is 1. The molecule has 1 aromatic carbocycles. The summed E-state index contributed by atoms with van der Waals surface area (Å²) in [5.74, 6) is -0.737. The number of nitrogens with zero attached hydrogens (tertiary/aromatic N) is 4. The van der Waals surface area contributed by atoms with Crippen LogP contribution in [0, 0.1) is 11.6 Å². The van der Waals surface area contributed by atoms with Crippen molar-refractivity contribution in [2.75, 3.05) is 6.54 Å². The first kappa shape index (κ1) is 23.2. The van der Waals surface area contributed by atoms with Gasteiger partial charge in [0.25, 0.3) is 5.91 Å². The SMILES string of the molecule is O=C(N[C@@H]1CC[C@@H](c2nccs2)[C@H](N2CCC[C@@H]2c2cc(F)ccc2F)C1)c1cnn2ccccc12.